The van der Waals surface area contributed by atoms with Gasteiger partial charge in [-0.3, -0.25) is 4.79 Å². The van der Waals surface area contributed by atoms with Crippen LogP contribution in [-0.4, -0.2) is 9.97 Å². The first-order valence-corrected chi connectivity index (χ1v) is 4.80. The highest BCUT2D eigenvalue weighted by atomic mass is 19.1. The van der Waals surface area contributed by atoms with Gasteiger partial charge in [0, 0.05) is 6.07 Å². The zero-order valence-corrected chi connectivity index (χ0v) is 8.51. The van der Waals surface area contributed by atoms with E-state index in [2.05, 4.69) is 9.97 Å². The molecule has 1 aromatic rings. The number of hydrogen-bond acceptors (Lipinski definition) is 2. The summed E-state index contributed by atoms with van der Waals surface area (Å²) in [7, 11) is 0. The van der Waals surface area contributed by atoms with Crippen molar-refractivity contribution < 1.29 is 4.39 Å². The highest BCUT2D eigenvalue weighted by Crippen LogP contribution is 2.28. The zero-order chi connectivity index (χ0) is 10.6. The van der Waals surface area contributed by atoms with Crippen molar-refractivity contribution >= 4 is 0 Å². The predicted octanol–water partition coefficient (Wildman–Crippen LogP) is 2.14. The second kappa shape index (κ2) is 4.35. The maximum Gasteiger partial charge on any atom is 0.251 e. The highest BCUT2D eigenvalue weighted by molar-refractivity contribution is 5.08. The van der Waals surface area contributed by atoms with Crippen LogP contribution in [0.4, 0.5) is 4.39 Å². The second-order valence-corrected chi connectivity index (χ2v) is 3.60. The monoisotopic (exact) mass is 198 g/mol. The number of nitrogens with zero attached hydrogens (tertiary/aromatic N) is 1. The standard InChI is InChI=1S/C10H15FN2O/c1-3-4-5-10(2,11)8-6-9(14)13-7-12-8/h6-7H,3-5H2,1-2H3,(H,12,13,14). The number of aromatic nitrogens is 2. The normalized spacial score (nSPS) is 15.1. The van der Waals surface area contributed by atoms with E-state index >= 15 is 0 Å². The van der Waals surface area contributed by atoms with Gasteiger partial charge in [-0.05, 0) is 13.3 Å². The molecule has 1 heterocycles. The summed E-state index contributed by atoms with van der Waals surface area (Å²) >= 11 is 0. The van der Waals surface area contributed by atoms with Crippen LogP contribution in [0.3, 0.4) is 0 Å². The Balaban J connectivity index is 2.86. The van der Waals surface area contributed by atoms with Gasteiger partial charge in [0.1, 0.15) is 5.67 Å². The third-order valence-corrected chi connectivity index (χ3v) is 2.21. The quantitative estimate of drug-likeness (QED) is 0.805. The van der Waals surface area contributed by atoms with Gasteiger partial charge in [0.25, 0.3) is 5.56 Å². The molecule has 1 rings (SSSR count). The summed E-state index contributed by atoms with van der Waals surface area (Å²) in [5.41, 5.74) is -1.59. The minimum atomic E-state index is -1.50. The van der Waals surface area contributed by atoms with Gasteiger partial charge in [0.15, 0.2) is 0 Å². The Hall–Kier alpha value is -1.19. The van der Waals surface area contributed by atoms with Gasteiger partial charge >= 0.3 is 0 Å². The summed E-state index contributed by atoms with van der Waals surface area (Å²) in [5, 5.41) is 0. The van der Waals surface area contributed by atoms with E-state index in [-0.39, 0.29) is 11.3 Å². The number of alkyl halides is 1. The fourth-order valence-corrected chi connectivity index (χ4v) is 1.29. The van der Waals surface area contributed by atoms with Crippen LogP contribution in [0, 0.1) is 0 Å². The first-order valence-electron chi connectivity index (χ1n) is 4.80. The minimum Gasteiger partial charge on any atom is -0.313 e. The van der Waals surface area contributed by atoms with E-state index in [0.29, 0.717) is 6.42 Å². The van der Waals surface area contributed by atoms with Crippen molar-refractivity contribution in [2.45, 2.75) is 38.8 Å². The summed E-state index contributed by atoms with van der Waals surface area (Å²) in [6.45, 7) is 3.46. The molecule has 3 nitrogen and oxygen atoms in total. The Morgan fingerprint density at radius 3 is 2.93 bits per heavy atom. The maximum absolute atomic E-state index is 14.0. The summed E-state index contributed by atoms with van der Waals surface area (Å²) in [4.78, 5) is 17.1. The molecule has 1 aromatic heterocycles. The lowest BCUT2D eigenvalue weighted by atomic mass is 9.97. The second-order valence-electron chi connectivity index (χ2n) is 3.60. The molecule has 1 N–H and O–H groups in total. The Kier molecular flexibility index (Phi) is 3.38. The predicted molar refractivity (Wildman–Crippen MR) is 52.8 cm³/mol. The van der Waals surface area contributed by atoms with Gasteiger partial charge in [0.2, 0.25) is 0 Å². The lowest BCUT2D eigenvalue weighted by Crippen LogP contribution is -2.20. The van der Waals surface area contributed by atoms with Crippen LogP contribution in [0.25, 0.3) is 0 Å². The topological polar surface area (TPSA) is 45.8 Å². The molecule has 1 atom stereocenters. The van der Waals surface area contributed by atoms with Crippen molar-refractivity contribution in [2.75, 3.05) is 0 Å². The molecular formula is C10H15FN2O. The van der Waals surface area contributed by atoms with Crippen LogP contribution in [0.15, 0.2) is 17.2 Å². The first-order chi connectivity index (χ1) is 6.56. The fraction of sp³-hybridized carbons (Fsp3) is 0.600. The maximum atomic E-state index is 14.0. The Morgan fingerprint density at radius 2 is 2.36 bits per heavy atom. The summed E-state index contributed by atoms with van der Waals surface area (Å²) in [6.07, 6.45) is 3.37. The molecule has 0 aromatic carbocycles. The Labute approximate surface area is 82.4 Å². The van der Waals surface area contributed by atoms with Crippen molar-refractivity contribution in [3.63, 3.8) is 0 Å². The largest absolute Gasteiger partial charge is 0.313 e. The number of halogens is 1. The Bertz CT molecular complexity index is 346. The minimum absolute atomic E-state index is 0.217. The number of hydrogen-bond donors (Lipinski definition) is 1. The van der Waals surface area contributed by atoms with Gasteiger partial charge in [-0.2, -0.15) is 0 Å². The zero-order valence-electron chi connectivity index (χ0n) is 8.51. The van der Waals surface area contributed by atoms with E-state index in [1.165, 1.54) is 19.3 Å². The molecule has 0 bridgehead atoms. The molecule has 14 heavy (non-hydrogen) atoms. The van der Waals surface area contributed by atoms with Crippen LogP contribution in [0.2, 0.25) is 0 Å². The van der Waals surface area contributed by atoms with Gasteiger partial charge in [0.05, 0.1) is 12.0 Å². The Morgan fingerprint density at radius 1 is 1.64 bits per heavy atom. The lowest BCUT2D eigenvalue weighted by molar-refractivity contribution is 0.165. The molecular weight excluding hydrogens is 183 g/mol. The fourth-order valence-electron chi connectivity index (χ4n) is 1.29. The van der Waals surface area contributed by atoms with Crippen LogP contribution < -0.4 is 5.56 Å². The molecule has 0 amide bonds. The van der Waals surface area contributed by atoms with Gasteiger partial charge in [-0.15, -0.1) is 0 Å². The number of H-pyrrole nitrogens is 1. The van der Waals surface area contributed by atoms with E-state index in [1.807, 2.05) is 6.92 Å². The van der Waals surface area contributed by atoms with Crippen molar-refractivity contribution in [3.8, 4) is 0 Å². The number of aromatic amines is 1. The van der Waals surface area contributed by atoms with Crippen molar-refractivity contribution in [2.24, 2.45) is 0 Å². The third kappa shape index (κ3) is 2.65. The highest BCUT2D eigenvalue weighted by Gasteiger charge is 2.26. The van der Waals surface area contributed by atoms with Gasteiger partial charge in [-0.1, -0.05) is 19.8 Å². The summed E-state index contributed by atoms with van der Waals surface area (Å²) < 4.78 is 14.0. The molecule has 1 unspecified atom stereocenters. The van der Waals surface area contributed by atoms with Crippen LogP contribution in [0.1, 0.15) is 38.8 Å². The first kappa shape index (κ1) is 10.9. The van der Waals surface area contributed by atoms with E-state index < -0.39 is 5.67 Å². The summed E-state index contributed by atoms with van der Waals surface area (Å²) in [6, 6.07) is 1.22. The van der Waals surface area contributed by atoms with Crippen molar-refractivity contribution in [1.29, 1.82) is 0 Å². The van der Waals surface area contributed by atoms with Crippen LogP contribution >= 0.6 is 0 Å². The molecule has 0 aliphatic rings. The molecule has 0 saturated carbocycles. The molecule has 0 fully saturated rings. The van der Waals surface area contributed by atoms with Crippen LogP contribution in [-0.2, 0) is 5.67 Å². The summed E-state index contributed by atoms with van der Waals surface area (Å²) in [5.74, 6) is 0. The third-order valence-electron chi connectivity index (χ3n) is 2.21. The number of unbranched alkanes of at least 4 members (excludes halogenated alkanes) is 1. The van der Waals surface area contributed by atoms with Gasteiger partial charge < -0.3 is 4.98 Å². The van der Waals surface area contributed by atoms with Crippen LogP contribution in [0.5, 0.6) is 0 Å². The molecule has 0 aliphatic heterocycles. The van der Waals surface area contributed by atoms with E-state index in [1.54, 1.807) is 0 Å². The molecule has 78 valence electrons. The van der Waals surface area contributed by atoms with E-state index in [9.17, 15) is 9.18 Å². The molecule has 0 radical (unpaired) electrons. The molecule has 0 aliphatic carbocycles. The number of rotatable bonds is 4. The van der Waals surface area contributed by atoms with Gasteiger partial charge in [-0.25, -0.2) is 9.37 Å². The smallest absolute Gasteiger partial charge is 0.251 e. The molecule has 4 heteroatoms. The SMILES string of the molecule is CCCCC(C)(F)c1cc(=O)[nH]cn1. The van der Waals surface area contributed by atoms with E-state index in [0.717, 1.165) is 12.8 Å². The van der Waals surface area contributed by atoms with Crippen molar-refractivity contribution in [3.05, 3.63) is 28.4 Å². The molecule has 0 saturated heterocycles. The average Bonchev–Trinajstić information content (AvgIpc) is 2.15. The average molecular weight is 198 g/mol. The molecule has 0 spiro atoms. The van der Waals surface area contributed by atoms with E-state index in [4.69, 9.17) is 0 Å². The lowest BCUT2D eigenvalue weighted by Gasteiger charge is -2.18. The number of nitrogens with one attached hydrogen (secondary N) is 1. The van der Waals surface area contributed by atoms with Crippen molar-refractivity contribution in [1.82, 2.24) is 9.97 Å².